The van der Waals surface area contributed by atoms with Crippen LogP contribution in [0.2, 0.25) is 15.1 Å². The molecule has 0 aliphatic carbocycles. The molecule has 2 nitrogen and oxygen atoms in total. The van der Waals surface area contributed by atoms with Crippen molar-refractivity contribution in [2.75, 3.05) is 0 Å². The molecule has 0 bridgehead atoms. The van der Waals surface area contributed by atoms with Gasteiger partial charge in [-0.15, -0.1) is 0 Å². The maximum atomic E-state index is 13.5. The van der Waals surface area contributed by atoms with Crippen LogP contribution in [0, 0.1) is 5.95 Å². The van der Waals surface area contributed by atoms with Crippen LogP contribution in [0.15, 0.2) is 24.4 Å². The Balaban J connectivity index is 2.72. The van der Waals surface area contributed by atoms with Gasteiger partial charge in [0, 0.05) is 16.1 Å². The smallest absolute Gasteiger partial charge is 0.221 e. The van der Waals surface area contributed by atoms with Crippen molar-refractivity contribution >= 4 is 34.8 Å². The summed E-state index contributed by atoms with van der Waals surface area (Å²) < 4.78 is 13.5. The normalized spacial score (nSPS) is 10.6. The number of hydrogen-bond donors (Lipinski definition) is 1. The molecule has 0 spiro atoms. The molecule has 6 heteroatoms. The molecule has 0 aliphatic rings. The molecule has 2 aromatic rings. The number of rotatable bonds is 1. The summed E-state index contributed by atoms with van der Waals surface area (Å²) in [5.74, 6) is -0.934. The van der Waals surface area contributed by atoms with Gasteiger partial charge in [0.25, 0.3) is 0 Å². The van der Waals surface area contributed by atoms with Crippen molar-refractivity contribution in [1.82, 2.24) is 4.98 Å². The van der Waals surface area contributed by atoms with Gasteiger partial charge in [-0.1, -0.05) is 34.8 Å². The molecule has 0 saturated carbocycles. The first-order valence-corrected chi connectivity index (χ1v) is 5.62. The van der Waals surface area contributed by atoms with E-state index in [1.807, 2.05) is 0 Å². The molecule has 1 N–H and O–H groups in total. The number of aromatic nitrogens is 1. The molecule has 0 saturated heterocycles. The Labute approximate surface area is 112 Å². The van der Waals surface area contributed by atoms with Crippen molar-refractivity contribution in [3.8, 4) is 16.9 Å². The number of hydrogen-bond acceptors (Lipinski definition) is 2. The zero-order chi connectivity index (χ0) is 12.6. The Kier molecular flexibility index (Phi) is 3.43. The van der Waals surface area contributed by atoms with Crippen LogP contribution in [0.5, 0.6) is 5.75 Å². The SMILES string of the molecule is Oc1cnc(F)c(-c2cc(Cl)cc(Cl)c2Cl)c1. The highest BCUT2D eigenvalue weighted by atomic mass is 35.5. The first-order valence-electron chi connectivity index (χ1n) is 4.48. The molecular weight excluding hydrogens is 287 g/mol. The van der Waals surface area contributed by atoms with Gasteiger partial charge in [0.15, 0.2) is 0 Å². The number of aromatic hydroxyl groups is 1. The van der Waals surface area contributed by atoms with E-state index in [1.54, 1.807) is 0 Å². The number of benzene rings is 1. The summed E-state index contributed by atoms with van der Waals surface area (Å²) in [5, 5.41) is 9.97. The molecule has 0 aliphatic heterocycles. The fraction of sp³-hybridized carbons (Fsp3) is 0. The summed E-state index contributed by atoms with van der Waals surface area (Å²) >= 11 is 17.6. The quantitative estimate of drug-likeness (QED) is 0.617. The topological polar surface area (TPSA) is 33.1 Å². The van der Waals surface area contributed by atoms with Gasteiger partial charge in [-0.2, -0.15) is 4.39 Å². The van der Waals surface area contributed by atoms with Crippen molar-refractivity contribution < 1.29 is 9.50 Å². The average Bonchev–Trinajstić information content (AvgIpc) is 2.27. The van der Waals surface area contributed by atoms with Gasteiger partial charge in [-0.05, 0) is 18.2 Å². The highest BCUT2D eigenvalue weighted by molar-refractivity contribution is 6.45. The molecule has 0 amide bonds. The maximum Gasteiger partial charge on any atom is 0.221 e. The highest BCUT2D eigenvalue weighted by Crippen LogP contribution is 2.37. The monoisotopic (exact) mass is 291 g/mol. The Morgan fingerprint density at radius 3 is 2.47 bits per heavy atom. The first-order chi connectivity index (χ1) is 7.99. The standard InChI is InChI=1S/C11H5Cl3FNO/c12-5-1-7(10(14)9(13)2-5)8-3-6(17)4-16-11(8)15/h1-4,17H. The number of halogens is 4. The third-order valence-electron chi connectivity index (χ3n) is 2.11. The van der Waals surface area contributed by atoms with Gasteiger partial charge in [0.1, 0.15) is 5.75 Å². The minimum Gasteiger partial charge on any atom is -0.506 e. The number of nitrogens with zero attached hydrogens (tertiary/aromatic N) is 1. The van der Waals surface area contributed by atoms with Crippen LogP contribution in [0.4, 0.5) is 4.39 Å². The van der Waals surface area contributed by atoms with Crippen molar-refractivity contribution in [2.24, 2.45) is 0 Å². The van der Waals surface area contributed by atoms with Gasteiger partial charge < -0.3 is 5.11 Å². The lowest BCUT2D eigenvalue weighted by atomic mass is 10.1. The summed E-state index contributed by atoms with van der Waals surface area (Å²) in [6.45, 7) is 0. The Hall–Kier alpha value is -1.03. The lowest BCUT2D eigenvalue weighted by Gasteiger charge is -2.08. The van der Waals surface area contributed by atoms with E-state index >= 15 is 0 Å². The second-order valence-electron chi connectivity index (χ2n) is 3.28. The van der Waals surface area contributed by atoms with Crippen LogP contribution >= 0.6 is 34.8 Å². The highest BCUT2D eigenvalue weighted by Gasteiger charge is 2.14. The van der Waals surface area contributed by atoms with Crippen LogP contribution in [0.3, 0.4) is 0 Å². The van der Waals surface area contributed by atoms with Gasteiger partial charge in [-0.3, -0.25) is 0 Å². The largest absolute Gasteiger partial charge is 0.506 e. The fourth-order valence-electron chi connectivity index (χ4n) is 1.38. The summed E-state index contributed by atoms with van der Waals surface area (Å²) in [6, 6.07) is 4.11. The van der Waals surface area contributed by atoms with E-state index in [-0.39, 0.29) is 26.9 Å². The minimum atomic E-state index is -0.761. The van der Waals surface area contributed by atoms with E-state index < -0.39 is 5.95 Å². The molecule has 2 rings (SSSR count). The summed E-state index contributed by atoms with van der Waals surface area (Å²) in [6.07, 6.45) is 0.999. The van der Waals surface area contributed by atoms with Crippen LogP contribution in [0.25, 0.3) is 11.1 Å². The van der Waals surface area contributed by atoms with Crippen molar-refractivity contribution in [3.05, 3.63) is 45.4 Å². The zero-order valence-corrected chi connectivity index (χ0v) is 10.5. The molecule has 0 atom stereocenters. The average molecular weight is 293 g/mol. The molecule has 1 heterocycles. The Bertz CT molecular complexity index is 589. The molecule has 1 aromatic carbocycles. The summed E-state index contributed by atoms with van der Waals surface area (Å²) in [7, 11) is 0. The molecule has 0 radical (unpaired) electrons. The van der Waals surface area contributed by atoms with E-state index in [9.17, 15) is 9.50 Å². The zero-order valence-electron chi connectivity index (χ0n) is 8.22. The summed E-state index contributed by atoms with van der Waals surface area (Å²) in [4.78, 5) is 3.39. The third-order valence-corrected chi connectivity index (χ3v) is 3.13. The first kappa shape index (κ1) is 12.4. The van der Waals surface area contributed by atoms with Crippen LogP contribution in [0.1, 0.15) is 0 Å². The predicted octanol–water partition coefficient (Wildman–Crippen LogP) is 4.55. The predicted molar refractivity (Wildman–Crippen MR) is 66.3 cm³/mol. The summed E-state index contributed by atoms with van der Waals surface area (Å²) in [5.41, 5.74) is 0.324. The van der Waals surface area contributed by atoms with E-state index in [2.05, 4.69) is 4.98 Å². The molecular formula is C11H5Cl3FNO. The number of pyridine rings is 1. The van der Waals surface area contributed by atoms with Crippen molar-refractivity contribution in [3.63, 3.8) is 0 Å². The van der Waals surface area contributed by atoms with Crippen LogP contribution < -0.4 is 0 Å². The second-order valence-corrected chi connectivity index (χ2v) is 4.50. The van der Waals surface area contributed by atoms with Gasteiger partial charge in [-0.25, -0.2) is 4.98 Å². The van der Waals surface area contributed by atoms with E-state index in [0.29, 0.717) is 5.02 Å². The van der Waals surface area contributed by atoms with E-state index in [1.165, 1.54) is 18.2 Å². The Morgan fingerprint density at radius 1 is 1.06 bits per heavy atom. The molecule has 88 valence electrons. The third kappa shape index (κ3) is 2.46. The lowest BCUT2D eigenvalue weighted by Crippen LogP contribution is -1.90. The van der Waals surface area contributed by atoms with Crippen molar-refractivity contribution in [1.29, 1.82) is 0 Å². The molecule has 17 heavy (non-hydrogen) atoms. The molecule has 0 fully saturated rings. The van der Waals surface area contributed by atoms with Crippen molar-refractivity contribution in [2.45, 2.75) is 0 Å². The lowest BCUT2D eigenvalue weighted by molar-refractivity contribution is 0.467. The fourth-order valence-corrected chi connectivity index (χ4v) is 2.08. The van der Waals surface area contributed by atoms with Gasteiger partial charge >= 0.3 is 0 Å². The second kappa shape index (κ2) is 4.69. The van der Waals surface area contributed by atoms with E-state index in [0.717, 1.165) is 6.20 Å². The minimum absolute atomic E-state index is 0.0411. The van der Waals surface area contributed by atoms with Gasteiger partial charge in [0.2, 0.25) is 5.95 Å². The van der Waals surface area contributed by atoms with E-state index in [4.69, 9.17) is 34.8 Å². The van der Waals surface area contributed by atoms with Gasteiger partial charge in [0.05, 0.1) is 16.2 Å². The Morgan fingerprint density at radius 2 is 1.76 bits per heavy atom. The maximum absolute atomic E-state index is 13.5. The van der Waals surface area contributed by atoms with Crippen LogP contribution in [-0.2, 0) is 0 Å². The molecule has 1 aromatic heterocycles. The molecule has 0 unspecified atom stereocenters. The van der Waals surface area contributed by atoms with Crippen LogP contribution in [-0.4, -0.2) is 10.1 Å².